The molecule has 1 atom stereocenters. The molecular formula is C18H18FN3O3. The van der Waals surface area contributed by atoms with E-state index in [9.17, 15) is 14.3 Å². The molecule has 1 unspecified atom stereocenters. The van der Waals surface area contributed by atoms with Crippen molar-refractivity contribution in [3.05, 3.63) is 59.7 Å². The Hall–Kier alpha value is -2.93. The van der Waals surface area contributed by atoms with E-state index in [1.54, 1.807) is 32.0 Å². The molecule has 0 fully saturated rings. The summed E-state index contributed by atoms with van der Waals surface area (Å²) < 4.78 is 18.4. The van der Waals surface area contributed by atoms with Crippen LogP contribution >= 0.6 is 0 Å². The second-order valence-corrected chi connectivity index (χ2v) is 6.00. The fourth-order valence-corrected chi connectivity index (χ4v) is 2.46. The van der Waals surface area contributed by atoms with Crippen molar-refractivity contribution in [2.45, 2.75) is 19.4 Å². The molecule has 130 valence electrons. The van der Waals surface area contributed by atoms with Crippen LogP contribution in [0.2, 0.25) is 0 Å². The van der Waals surface area contributed by atoms with E-state index in [4.69, 9.17) is 4.42 Å². The molecule has 0 spiro atoms. The Morgan fingerprint density at radius 3 is 2.72 bits per heavy atom. The van der Waals surface area contributed by atoms with Crippen molar-refractivity contribution in [3.63, 3.8) is 0 Å². The first-order chi connectivity index (χ1) is 11.8. The Morgan fingerprint density at radius 2 is 2.00 bits per heavy atom. The fraction of sp³-hybridized carbons (Fsp3) is 0.222. The van der Waals surface area contributed by atoms with Gasteiger partial charge < -0.3 is 20.2 Å². The molecule has 0 radical (unpaired) electrons. The molecule has 0 bridgehead atoms. The minimum Gasteiger partial charge on any atom is -0.441 e. The van der Waals surface area contributed by atoms with Crippen LogP contribution in [0.3, 0.4) is 0 Å². The first-order valence-electron chi connectivity index (χ1n) is 7.74. The van der Waals surface area contributed by atoms with Gasteiger partial charge in [-0.15, -0.1) is 0 Å². The SMILES string of the molecule is Cc1nc2ccc(NC(=O)NCC(C)(O)c3ccc(F)cc3)cc2o1. The third kappa shape index (κ3) is 3.95. The van der Waals surface area contributed by atoms with E-state index < -0.39 is 11.6 Å². The van der Waals surface area contributed by atoms with E-state index in [0.29, 0.717) is 28.2 Å². The van der Waals surface area contributed by atoms with Gasteiger partial charge in [0, 0.05) is 18.7 Å². The van der Waals surface area contributed by atoms with Crippen LogP contribution in [-0.2, 0) is 5.60 Å². The average Bonchev–Trinajstić information content (AvgIpc) is 2.93. The third-order valence-electron chi connectivity index (χ3n) is 3.81. The summed E-state index contributed by atoms with van der Waals surface area (Å²) in [7, 11) is 0. The number of hydrogen-bond acceptors (Lipinski definition) is 4. The molecule has 25 heavy (non-hydrogen) atoms. The van der Waals surface area contributed by atoms with Gasteiger partial charge in [0.2, 0.25) is 0 Å². The summed E-state index contributed by atoms with van der Waals surface area (Å²) >= 11 is 0. The minimum atomic E-state index is -1.32. The highest BCUT2D eigenvalue weighted by molar-refractivity contribution is 5.91. The van der Waals surface area contributed by atoms with Gasteiger partial charge in [0.15, 0.2) is 11.5 Å². The number of anilines is 1. The molecule has 0 aliphatic heterocycles. The number of carbonyl (C=O) groups excluding carboxylic acids is 1. The molecule has 3 rings (SSSR count). The zero-order chi connectivity index (χ0) is 18.0. The molecule has 3 aromatic rings. The van der Waals surface area contributed by atoms with Crippen LogP contribution in [0.25, 0.3) is 11.1 Å². The van der Waals surface area contributed by atoms with Crippen LogP contribution in [0.1, 0.15) is 18.4 Å². The van der Waals surface area contributed by atoms with Gasteiger partial charge in [0.25, 0.3) is 0 Å². The fourth-order valence-electron chi connectivity index (χ4n) is 2.46. The Bertz CT molecular complexity index is 904. The number of amides is 2. The van der Waals surface area contributed by atoms with Crippen LogP contribution in [0.5, 0.6) is 0 Å². The normalized spacial score (nSPS) is 13.4. The number of aryl methyl sites for hydroxylation is 1. The molecule has 0 aliphatic carbocycles. The van der Waals surface area contributed by atoms with Crippen molar-refractivity contribution in [3.8, 4) is 0 Å². The monoisotopic (exact) mass is 343 g/mol. The molecule has 2 amide bonds. The van der Waals surface area contributed by atoms with Gasteiger partial charge in [0.05, 0.1) is 6.54 Å². The number of aromatic nitrogens is 1. The van der Waals surface area contributed by atoms with E-state index in [0.717, 1.165) is 0 Å². The lowest BCUT2D eigenvalue weighted by atomic mass is 9.96. The van der Waals surface area contributed by atoms with Crippen molar-refractivity contribution < 1.29 is 18.7 Å². The highest BCUT2D eigenvalue weighted by Crippen LogP contribution is 2.21. The Labute approximate surface area is 143 Å². The summed E-state index contributed by atoms with van der Waals surface area (Å²) in [5.41, 5.74) is 1.02. The van der Waals surface area contributed by atoms with Gasteiger partial charge in [-0.25, -0.2) is 14.2 Å². The summed E-state index contributed by atoms with van der Waals surface area (Å²) in [5.74, 6) is 0.162. The van der Waals surface area contributed by atoms with E-state index in [2.05, 4.69) is 15.6 Å². The van der Waals surface area contributed by atoms with Crippen molar-refractivity contribution in [2.75, 3.05) is 11.9 Å². The largest absolute Gasteiger partial charge is 0.441 e. The summed E-state index contributed by atoms with van der Waals surface area (Å²) in [6.45, 7) is 3.26. The van der Waals surface area contributed by atoms with Crippen LogP contribution < -0.4 is 10.6 Å². The quantitative estimate of drug-likeness (QED) is 0.678. The molecule has 0 saturated heterocycles. The lowest BCUT2D eigenvalue weighted by Crippen LogP contribution is -2.40. The summed E-state index contributed by atoms with van der Waals surface area (Å²) in [5, 5.41) is 15.7. The van der Waals surface area contributed by atoms with Crippen molar-refractivity contribution >= 4 is 22.8 Å². The number of benzene rings is 2. The average molecular weight is 343 g/mol. The zero-order valence-corrected chi connectivity index (χ0v) is 13.8. The number of rotatable bonds is 4. The first-order valence-corrected chi connectivity index (χ1v) is 7.74. The summed E-state index contributed by atoms with van der Waals surface area (Å²) in [4.78, 5) is 16.2. The summed E-state index contributed by atoms with van der Waals surface area (Å²) in [6, 6.07) is 10.1. The number of fused-ring (bicyclic) bond motifs is 1. The molecule has 3 N–H and O–H groups in total. The molecular weight excluding hydrogens is 325 g/mol. The lowest BCUT2D eigenvalue weighted by Gasteiger charge is -2.24. The van der Waals surface area contributed by atoms with E-state index in [-0.39, 0.29) is 12.4 Å². The molecule has 0 aliphatic rings. The maximum Gasteiger partial charge on any atom is 0.319 e. The number of oxazole rings is 1. The number of carbonyl (C=O) groups is 1. The highest BCUT2D eigenvalue weighted by atomic mass is 19.1. The summed E-state index contributed by atoms with van der Waals surface area (Å²) in [6.07, 6.45) is 0. The number of nitrogens with zero attached hydrogens (tertiary/aromatic N) is 1. The molecule has 0 saturated carbocycles. The number of halogens is 1. The van der Waals surface area contributed by atoms with Crippen LogP contribution in [-0.4, -0.2) is 22.7 Å². The van der Waals surface area contributed by atoms with E-state index in [1.807, 2.05) is 0 Å². The van der Waals surface area contributed by atoms with Crippen LogP contribution in [0, 0.1) is 12.7 Å². The van der Waals surface area contributed by atoms with Gasteiger partial charge >= 0.3 is 6.03 Å². The standard InChI is InChI=1S/C18H18FN3O3/c1-11-21-15-8-7-14(9-16(15)25-11)22-17(23)20-10-18(2,24)12-3-5-13(19)6-4-12/h3-9,24H,10H2,1-2H3,(H2,20,22,23). The van der Waals surface area contributed by atoms with Crippen molar-refractivity contribution in [1.82, 2.24) is 10.3 Å². The van der Waals surface area contributed by atoms with Gasteiger partial charge in [0.1, 0.15) is 16.9 Å². The van der Waals surface area contributed by atoms with Crippen LogP contribution in [0.4, 0.5) is 14.9 Å². The second kappa shape index (κ2) is 6.52. The second-order valence-electron chi connectivity index (χ2n) is 6.00. The molecule has 7 heteroatoms. The van der Waals surface area contributed by atoms with Crippen LogP contribution in [0.15, 0.2) is 46.9 Å². The third-order valence-corrected chi connectivity index (χ3v) is 3.81. The Balaban J connectivity index is 1.62. The Kier molecular flexibility index (Phi) is 4.41. The zero-order valence-electron chi connectivity index (χ0n) is 13.8. The maximum absolute atomic E-state index is 13.0. The molecule has 2 aromatic carbocycles. The van der Waals surface area contributed by atoms with Crippen molar-refractivity contribution in [2.24, 2.45) is 0 Å². The van der Waals surface area contributed by atoms with Gasteiger partial charge in [-0.3, -0.25) is 0 Å². The predicted molar refractivity (Wildman–Crippen MR) is 91.7 cm³/mol. The van der Waals surface area contributed by atoms with Gasteiger partial charge in [-0.2, -0.15) is 0 Å². The number of aliphatic hydroxyl groups is 1. The van der Waals surface area contributed by atoms with E-state index in [1.165, 1.54) is 24.3 Å². The lowest BCUT2D eigenvalue weighted by molar-refractivity contribution is 0.0599. The van der Waals surface area contributed by atoms with Crippen molar-refractivity contribution in [1.29, 1.82) is 0 Å². The topological polar surface area (TPSA) is 87.4 Å². The number of hydrogen-bond donors (Lipinski definition) is 3. The molecule has 1 aromatic heterocycles. The highest BCUT2D eigenvalue weighted by Gasteiger charge is 2.23. The first kappa shape index (κ1) is 16.9. The smallest absolute Gasteiger partial charge is 0.319 e. The van der Waals surface area contributed by atoms with Gasteiger partial charge in [-0.05, 0) is 36.8 Å². The Morgan fingerprint density at radius 1 is 1.28 bits per heavy atom. The number of nitrogens with one attached hydrogen (secondary N) is 2. The minimum absolute atomic E-state index is 0.0336. The van der Waals surface area contributed by atoms with E-state index >= 15 is 0 Å². The molecule has 6 nitrogen and oxygen atoms in total. The van der Waals surface area contributed by atoms with Gasteiger partial charge in [-0.1, -0.05) is 12.1 Å². The number of urea groups is 1. The maximum atomic E-state index is 13.0. The molecule has 1 heterocycles. The predicted octanol–water partition coefficient (Wildman–Crippen LogP) is 3.30.